The zero-order valence-electron chi connectivity index (χ0n) is 14.4. The van der Waals surface area contributed by atoms with Crippen LogP contribution in [-0.2, 0) is 9.53 Å². The molecular formula is C20H23N3O2. The van der Waals surface area contributed by atoms with Crippen molar-refractivity contribution in [3.05, 3.63) is 66.2 Å². The number of hydrazone groups is 1. The van der Waals surface area contributed by atoms with E-state index in [0.717, 1.165) is 24.3 Å². The number of anilines is 1. The van der Waals surface area contributed by atoms with Crippen molar-refractivity contribution >= 4 is 17.2 Å². The molecule has 1 heterocycles. The lowest BCUT2D eigenvalue weighted by molar-refractivity contribution is -0.111. The lowest BCUT2D eigenvalue weighted by atomic mass is 9.97. The molecule has 0 aromatic heterocycles. The van der Waals surface area contributed by atoms with Gasteiger partial charge in [-0.2, -0.15) is 5.10 Å². The number of nitrogens with zero attached hydrogens (tertiary/aromatic N) is 2. The molecule has 130 valence electrons. The minimum Gasteiger partial charge on any atom is -0.379 e. The average molecular weight is 337 g/mol. The third kappa shape index (κ3) is 4.53. The van der Waals surface area contributed by atoms with E-state index >= 15 is 0 Å². The highest BCUT2D eigenvalue weighted by Crippen LogP contribution is 2.24. The van der Waals surface area contributed by atoms with Gasteiger partial charge >= 0.3 is 0 Å². The van der Waals surface area contributed by atoms with Crippen LogP contribution >= 0.6 is 0 Å². The van der Waals surface area contributed by atoms with Crippen LogP contribution in [-0.4, -0.2) is 42.7 Å². The molecule has 1 aliphatic heterocycles. The van der Waals surface area contributed by atoms with Crippen molar-refractivity contribution in [2.75, 3.05) is 31.7 Å². The SMILES string of the molecule is CC(=O)C(=NNc1ccccc1)C(c1ccccc1)N1CCOCC1. The first kappa shape index (κ1) is 17.3. The maximum Gasteiger partial charge on any atom is 0.177 e. The fraction of sp³-hybridized carbons (Fsp3) is 0.300. The molecule has 0 bridgehead atoms. The summed E-state index contributed by atoms with van der Waals surface area (Å²) in [5.74, 6) is -0.0382. The largest absolute Gasteiger partial charge is 0.379 e. The third-order valence-corrected chi connectivity index (χ3v) is 4.23. The molecule has 1 fully saturated rings. The summed E-state index contributed by atoms with van der Waals surface area (Å²) in [6, 6.07) is 19.5. The smallest absolute Gasteiger partial charge is 0.177 e. The number of ether oxygens (including phenoxy) is 1. The van der Waals surface area contributed by atoms with Gasteiger partial charge in [0, 0.05) is 20.0 Å². The van der Waals surface area contributed by atoms with Crippen molar-refractivity contribution < 1.29 is 9.53 Å². The monoisotopic (exact) mass is 337 g/mol. The predicted molar refractivity (Wildman–Crippen MR) is 99.8 cm³/mol. The zero-order chi connectivity index (χ0) is 17.5. The van der Waals surface area contributed by atoms with E-state index in [1.807, 2.05) is 60.7 Å². The molecule has 5 heteroatoms. The highest BCUT2D eigenvalue weighted by atomic mass is 16.5. The van der Waals surface area contributed by atoms with Crippen molar-refractivity contribution in [1.29, 1.82) is 0 Å². The molecule has 1 N–H and O–H groups in total. The number of benzene rings is 2. The maximum atomic E-state index is 12.4. The predicted octanol–water partition coefficient (Wildman–Crippen LogP) is 3.12. The van der Waals surface area contributed by atoms with Crippen LogP contribution in [0.2, 0.25) is 0 Å². The molecule has 1 aliphatic rings. The number of Topliss-reactive ketones (excluding diaryl/α,β-unsaturated/α-hetero) is 1. The van der Waals surface area contributed by atoms with Gasteiger partial charge in [-0.3, -0.25) is 15.1 Å². The van der Waals surface area contributed by atoms with Gasteiger partial charge in [-0.1, -0.05) is 48.5 Å². The Hall–Kier alpha value is -2.50. The second-order valence-electron chi connectivity index (χ2n) is 5.99. The summed E-state index contributed by atoms with van der Waals surface area (Å²) in [5, 5.41) is 4.48. The van der Waals surface area contributed by atoms with E-state index in [0.29, 0.717) is 18.9 Å². The molecule has 25 heavy (non-hydrogen) atoms. The summed E-state index contributed by atoms with van der Waals surface area (Å²) >= 11 is 0. The van der Waals surface area contributed by atoms with Gasteiger partial charge in [-0.05, 0) is 17.7 Å². The van der Waals surface area contributed by atoms with Gasteiger partial charge in [0.15, 0.2) is 5.78 Å². The first-order chi connectivity index (χ1) is 12.3. The molecule has 5 nitrogen and oxygen atoms in total. The minimum absolute atomic E-state index is 0.0382. The first-order valence-corrected chi connectivity index (χ1v) is 8.52. The minimum atomic E-state index is -0.182. The van der Waals surface area contributed by atoms with Crippen LogP contribution in [0.3, 0.4) is 0 Å². The number of rotatable bonds is 6. The lowest BCUT2D eigenvalue weighted by Crippen LogP contribution is -2.44. The second-order valence-corrected chi connectivity index (χ2v) is 5.99. The van der Waals surface area contributed by atoms with Crippen LogP contribution < -0.4 is 5.43 Å². The molecular weight excluding hydrogens is 314 g/mol. The van der Waals surface area contributed by atoms with E-state index in [1.165, 1.54) is 0 Å². The Morgan fingerprint density at radius 3 is 2.24 bits per heavy atom. The summed E-state index contributed by atoms with van der Waals surface area (Å²) in [6.07, 6.45) is 0. The highest BCUT2D eigenvalue weighted by molar-refractivity contribution is 6.41. The number of hydrogen-bond donors (Lipinski definition) is 1. The van der Waals surface area contributed by atoms with Crippen molar-refractivity contribution in [2.24, 2.45) is 5.10 Å². The Labute approximate surface area is 148 Å². The number of carbonyl (C=O) groups excluding carboxylic acids is 1. The average Bonchev–Trinajstić information content (AvgIpc) is 2.67. The quantitative estimate of drug-likeness (QED) is 0.650. The Kier molecular flexibility index (Phi) is 5.93. The Morgan fingerprint density at radius 2 is 1.64 bits per heavy atom. The van der Waals surface area contributed by atoms with Gasteiger partial charge < -0.3 is 4.74 Å². The highest BCUT2D eigenvalue weighted by Gasteiger charge is 2.29. The number of nitrogens with one attached hydrogen (secondary N) is 1. The molecule has 2 aromatic rings. The fourth-order valence-electron chi connectivity index (χ4n) is 2.98. The summed E-state index contributed by atoms with van der Waals surface area (Å²) in [6.45, 7) is 4.46. The summed E-state index contributed by atoms with van der Waals surface area (Å²) in [5.41, 5.74) is 5.46. The normalized spacial score (nSPS) is 17.1. The lowest BCUT2D eigenvalue weighted by Gasteiger charge is -2.34. The van der Waals surface area contributed by atoms with E-state index in [4.69, 9.17) is 4.74 Å². The van der Waals surface area contributed by atoms with Crippen LogP contribution in [0.25, 0.3) is 0 Å². The molecule has 1 saturated heterocycles. The first-order valence-electron chi connectivity index (χ1n) is 8.52. The zero-order valence-corrected chi connectivity index (χ0v) is 14.4. The molecule has 0 aliphatic carbocycles. The Balaban J connectivity index is 1.93. The molecule has 0 saturated carbocycles. The van der Waals surface area contributed by atoms with E-state index in [2.05, 4.69) is 15.4 Å². The number of ketones is 1. The fourth-order valence-corrected chi connectivity index (χ4v) is 2.98. The standard InChI is InChI=1S/C20H23N3O2/c1-16(24)19(22-21-18-10-6-3-7-11-18)20(17-8-4-2-5-9-17)23-12-14-25-15-13-23/h2-11,20-21H,12-15H2,1H3. The number of morpholine rings is 1. The number of para-hydroxylation sites is 1. The van der Waals surface area contributed by atoms with E-state index in [9.17, 15) is 4.79 Å². The van der Waals surface area contributed by atoms with Gasteiger partial charge in [0.25, 0.3) is 0 Å². The summed E-state index contributed by atoms with van der Waals surface area (Å²) in [7, 11) is 0. The molecule has 1 atom stereocenters. The number of hydrogen-bond acceptors (Lipinski definition) is 5. The van der Waals surface area contributed by atoms with Crippen molar-refractivity contribution in [3.8, 4) is 0 Å². The van der Waals surface area contributed by atoms with Gasteiger partial charge in [0.2, 0.25) is 0 Å². The van der Waals surface area contributed by atoms with Crippen LogP contribution in [0.5, 0.6) is 0 Å². The summed E-state index contributed by atoms with van der Waals surface area (Å²) in [4.78, 5) is 14.6. The van der Waals surface area contributed by atoms with Crippen molar-refractivity contribution in [3.63, 3.8) is 0 Å². The maximum absolute atomic E-state index is 12.4. The van der Waals surface area contributed by atoms with Crippen molar-refractivity contribution in [1.82, 2.24) is 4.90 Å². The van der Waals surface area contributed by atoms with Crippen LogP contribution in [0.1, 0.15) is 18.5 Å². The molecule has 1 unspecified atom stereocenters. The van der Waals surface area contributed by atoms with Crippen LogP contribution in [0.4, 0.5) is 5.69 Å². The third-order valence-electron chi connectivity index (χ3n) is 4.23. The molecule has 0 radical (unpaired) electrons. The van der Waals surface area contributed by atoms with E-state index in [-0.39, 0.29) is 11.8 Å². The molecule has 3 rings (SSSR count). The topological polar surface area (TPSA) is 53.9 Å². The van der Waals surface area contributed by atoms with Crippen LogP contribution in [0, 0.1) is 0 Å². The van der Waals surface area contributed by atoms with Crippen LogP contribution in [0.15, 0.2) is 65.8 Å². The summed E-state index contributed by atoms with van der Waals surface area (Å²) < 4.78 is 5.47. The number of carbonyl (C=O) groups is 1. The Morgan fingerprint density at radius 1 is 1.04 bits per heavy atom. The van der Waals surface area contributed by atoms with E-state index < -0.39 is 0 Å². The molecule has 2 aromatic carbocycles. The van der Waals surface area contributed by atoms with Gasteiger partial charge in [0.05, 0.1) is 24.9 Å². The Bertz CT molecular complexity index is 710. The van der Waals surface area contributed by atoms with Crippen molar-refractivity contribution in [2.45, 2.75) is 13.0 Å². The van der Waals surface area contributed by atoms with Gasteiger partial charge in [0.1, 0.15) is 5.71 Å². The molecule has 0 spiro atoms. The van der Waals surface area contributed by atoms with Gasteiger partial charge in [-0.15, -0.1) is 0 Å². The second kappa shape index (κ2) is 8.55. The van der Waals surface area contributed by atoms with E-state index in [1.54, 1.807) is 6.92 Å². The van der Waals surface area contributed by atoms with Gasteiger partial charge in [-0.25, -0.2) is 0 Å². The molecule has 0 amide bonds.